The van der Waals surface area contributed by atoms with Crippen LogP contribution in [0.5, 0.6) is 0 Å². The highest BCUT2D eigenvalue weighted by atomic mass is 32.2. The van der Waals surface area contributed by atoms with Crippen LogP contribution in [0, 0.1) is 47.3 Å². The third-order valence-corrected chi connectivity index (χ3v) is 13.8. The van der Waals surface area contributed by atoms with Gasteiger partial charge >= 0.3 is 0 Å². The van der Waals surface area contributed by atoms with Crippen LogP contribution in [-0.4, -0.2) is 66.0 Å². The molecule has 0 aromatic rings. The van der Waals surface area contributed by atoms with Crippen LogP contribution >= 0.6 is 0 Å². The first kappa shape index (κ1) is 31.1. The lowest BCUT2D eigenvalue weighted by molar-refractivity contribution is 0.167. The average Bonchev–Trinajstić information content (AvgIpc) is 3.76. The summed E-state index contributed by atoms with van der Waals surface area (Å²) < 4.78 is 9.56. The Morgan fingerprint density at radius 2 is 0.432 bits per heavy atom. The second-order valence-corrected chi connectivity index (χ2v) is 17.8. The van der Waals surface area contributed by atoms with E-state index in [2.05, 4.69) is 42.5 Å². The summed E-state index contributed by atoms with van der Waals surface area (Å²) in [5.74, 6) is 5.97. The Balaban J connectivity index is 0.000000684. The van der Waals surface area contributed by atoms with Gasteiger partial charge in [-0.3, -0.25) is 46.7 Å². The molecule has 250 valence electrons. The minimum atomic E-state index is -0.611. The van der Waals surface area contributed by atoms with E-state index in [0.29, 0.717) is 49.3 Å². The van der Waals surface area contributed by atoms with Crippen LogP contribution in [0.1, 0.15) is 103 Å². The minimum absolute atomic E-state index is 0.420. The highest BCUT2D eigenvalue weighted by molar-refractivity contribution is 7.83. The van der Waals surface area contributed by atoms with E-state index in [9.17, 15) is 4.21 Å². The largest absolute Gasteiger partial charge is 0.286 e. The molecule has 9 rings (SSSR count). The SMILES string of the molecule is C1CCC2C3NC(NC4NC(NC5NC(NC6NC(N3)C3CCCCC63)C3CCCCC53)C3CCCCC43)C2C1.CS(C)=O. The van der Waals surface area contributed by atoms with Crippen molar-refractivity contribution in [3.8, 4) is 0 Å². The van der Waals surface area contributed by atoms with Crippen LogP contribution in [0.4, 0.5) is 0 Å². The number of hydrogen-bond donors (Lipinski definition) is 8. The fraction of sp³-hybridized carbons (Fsp3) is 1.00. The molecule has 9 nitrogen and oxygen atoms in total. The Labute approximate surface area is 269 Å². The normalized spacial score (nSPS) is 53.2. The number of hydrogen-bond acceptors (Lipinski definition) is 9. The number of rotatable bonds is 0. The van der Waals surface area contributed by atoms with Crippen LogP contribution in [0.3, 0.4) is 0 Å². The summed E-state index contributed by atoms with van der Waals surface area (Å²) in [6, 6.07) is 0. The summed E-state index contributed by atoms with van der Waals surface area (Å²) in [5.41, 5.74) is 0. The van der Waals surface area contributed by atoms with Crippen LogP contribution in [0.25, 0.3) is 0 Å². The van der Waals surface area contributed by atoms with E-state index >= 15 is 0 Å². The Kier molecular flexibility index (Phi) is 9.47. The molecule has 0 spiro atoms. The Bertz CT molecular complexity index is 808. The van der Waals surface area contributed by atoms with Gasteiger partial charge in [0.25, 0.3) is 0 Å². The molecule has 10 heteroatoms. The van der Waals surface area contributed by atoms with E-state index in [4.69, 9.17) is 0 Å². The fourth-order valence-electron chi connectivity index (χ4n) is 12.0. The van der Waals surface area contributed by atoms with Crippen molar-refractivity contribution in [1.29, 1.82) is 0 Å². The van der Waals surface area contributed by atoms with Gasteiger partial charge in [0.15, 0.2) is 0 Å². The third kappa shape index (κ3) is 6.00. The Morgan fingerprint density at radius 1 is 0.318 bits per heavy atom. The van der Waals surface area contributed by atoms with Gasteiger partial charge in [-0.25, -0.2) is 0 Å². The van der Waals surface area contributed by atoms with Crippen molar-refractivity contribution in [2.45, 2.75) is 152 Å². The van der Waals surface area contributed by atoms with Crippen LogP contribution in [0.15, 0.2) is 0 Å². The molecule has 8 bridgehead atoms. The molecule has 8 atom stereocenters. The highest BCUT2D eigenvalue weighted by Crippen LogP contribution is 2.45. The van der Waals surface area contributed by atoms with Crippen LogP contribution in [-0.2, 0) is 10.8 Å². The number of fused-ring (bicyclic) bond motifs is 20. The van der Waals surface area contributed by atoms with E-state index in [1.54, 1.807) is 12.5 Å². The quantitative estimate of drug-likeness (QED) is 0.205. The smallest absolute Gasteiger partial charge is 0.0628 e. The molecule has 5 saturated heterocycles. The lowest BCUT2D eigenvalue weighted by Crippen LogP contribution is -2.61. The van der Waals surface area contributed by atoms with Crippen molar-refractivity contribution in [2.24, 2.45) is 47.3 Å². The van der Waals surface area contributed by atoms with Crippen molar-refractivity contribution in [3.05, 3.63) is 0 Å². The molecule has 9 aliphatic rings. The van der Waals surface area contributed by atoms with Gasteiger partial charge in [0.2, 0.25) is 0 Å². The molecule has 9 fully saturated rings. The standard InChI is InChI=1S/C32H56N8.C2H6OS/c1-2-10-18-17(9-1)25-33-26(18)38-28-21-13-5-6-14-22(21)30(35-28)40-32-24-16-8-7-15-23(24)31(36-32)39-29-20-12-4-3-11-19(20)27(34-29)37-25;1-4(2)3/h17-40H,1-16H2;1-2H3. The van der Waals surface area contributed by atoms with Crippen LogP contribution in [0.2, 0.25) is 0 Å². The van der Waals surface area contributed by atoms with E-state index < -0.39 is 10.8 Å². The van der Waals surface area contributed by atoms with E-state index in [0.717, 1.165) is 47.3 Å². The molecule has 0 amide bonds. The highest BCUT2D eigenvalue weighted by Gasteiger charge is 2.54. The molecule has 8 unspecified atom stereocenters. The first-order valence-electron chi connectivity index (χ1n) is 18.9. The molecular weight excluding hydrogens is 568 g/mol. The topological polar surface area (TPSA) is 113 Å². The molecule has 0 radical (unpaired) electrons. The Hall–Kier alpha value is -0.170. The molecule has 0 aromatic heterocycles. The predicted molar refractivity (Wildman–Crippen MR) is 177 cm³/mol. The van der Waals surface area contributed by atoms with Crippen molar-refractivity contribution >= 4 is 10.8 Å². The molecule has 4 saturated carbocycles. The Morgan fingerprint density at radius 3 is 0.545 bits per heavy atom. The van der Waals surface area contributed by atoms with Crippen molar-refractivity contribution < 1.29 is 4.21 Å². The zero-order valence-corrected chi connectivity index (χ0v) is 28.2. The molecule has 5 heterocycles. The monoisotopic (exact) mass is 630 g/mol. The molecule has 44 heavy (non-hydrogen) atoms. The van der Waals surface area contributed by atoms with Crippen molar-refractivity contribution in [3.63, 3.8) is 0 Å². The summed E-state index contributed by atoms with van der Waals surface area (Å²) in [6.45, 7) is 0. The van der Waals surface area contributed by atoms with Gasteiger partial charge in [-0.1, -0.05) is 51.4 Å². The van der Waals surface area contributed by atoms with E-state index in [-0.39, 0.29) is 0 Å². The summed E-state index contributed by atoms with van der Waals surface area (Å²) >= 11 is 0. The predicted octanol–water partition coefficient (Wildman–Crippen LogP) is 2.60. The van der Waals surface area contributed by atoms with Gasteiger partial charge in [-0.2, -0.15) is 0 Å². The zero-order valence-electron chi connectivity index (χ0n) is 27.4. The lowest BCUT2D eigenvalue weighted by atomic mass is 9.76. The van der Waals surface area contributed by atoms with Gasteiger partial charge in [0.1, 0.15) is 0 Å². The molecule has 4 aliphatic carbocycles. The number of nitrogens with one attached hydrogen (secondary N) is 8. The summed E-state index contributed by atoms with van der Waals surface area (Å²) in [4.78, 5) is 0. The first-order valence-corrected chi connectivity index (χ1v) is 20.8. The summed E-state index contributed by atoms with van der Waals surface area (Å²) in [7, 11) is -0.611. The molecule has 8 N–H and O–H groups in total. The van der Waals surface area contributed by atoms with Gasteiger partial charge in [0, 0.05) is 23.3 Å². The lowest BCUT2D eigenvalue weighted by Gasteiger charge is -2.35. The summed E-state index contributed by atoms with van der Waals surface area (Å²) in [5, 5.41) is 33.8. The van der Waals surface area contributed by atoms with Gasteiger partial charge in [-0.15, -0.1) is 0 Å². The third-order valence-electron chi connectivity index (χ3n) is 13.8. The molecule has 5 aliphatic heterocycles. The maximum atomic E-state index is 9.56. The van der Waals surface area contributed by atoms with Crippen molar-refractivity contribution in [2.75, 3.05) is 12.5 Å². The van der Waals surface area contributed by atoms with E-state index in [1.807, 2.05) is 0 Å². The average molecular weight is 631 g/mol. The van der Waals surface area contributed by atoms with E-state index in [1.165, 1.54) is 103 Å². The molecular formula is C34H62N8OS. The molecule has 0 aromatic carbocycles. The van der Waals surface area contributed by atoms with Crippen molar-refractivity contribution in [1.82, 2.24) is 42.5 Å². The maximum Gasteiger partial charge on any atom is 0.0628 e. The van der Waals surface area contributed by atoms with Gasteiger partial charge in [0.05, 0.1) is 49.3 Å². The zero-order chi connectivity index (χ0) is 29.8. The van der Waals surface area contributed by atoms with Crippen LogP contribution < -0.4 is 42.5 Å². The second kappa shape index (κ2) is 13.4. The maximum absolute atomic E-state index is 9.56. The van der Waals surface area contributed by atoms with Gasteiger partial charge in [-0.05, 0) is 98.7 Å². The first-order chi connectivity index (χ1) is 21.5. The fourth-order valence-corrected chi connectivity index (χ4v) is 12.0. The van der Waals surface area contributed by atoms with Gasteiger partial charge < -0.3 is 0 Å². The minimum Gasteiger partial charge on any atom is -0.286 e. The second-order valence-electron chi connectivity index (χ2n) is 16.3. The summed E-state index contributed by atoms with van der Waals surface area (Å²) in [6.07, 6.45) is 28.9.